The van der Waals surface area contributed by atoms with E-state index in [0.717, 1.165) is 38.5 Å². The van der Waals surface area contributed by atoms with Gasteiger partial charge in [0.1, 0.15) is 93.1 Å². The Bertz CT molecular complexity index is 4800. The van der Waals surface area contributed by atoms with Crippen LogP contribution < -0.4 is 0 Å². The van der Waals surface area contributed by atoms with E-state index in [2.05, 4.69) is 28.1 Å². The zero-order chi connectivity index (χ0) is 93.3. The van der Waals surface area contributed by atoms with Crippen molar-refractivity contribution in [1.82, 2.24) is 0 Å². The van der Waals surface area contributed by atoms with E-state index in [1.807, 2.05) is 13.8 Å². The Hall–Kier alpha value is -7.17. The molecule has 0 radical (unpaired) electrons. The van der Waals surface area contributed by atoms with E-state index >= 15 is 0 Å². The fourth-order valence-corrected chi connectivity index (χ4v) is 29.0. The molecule has 12 bridgehead atoms. The lowest BCUT2D eigenvalue weighted by molar-refractivity contribution is -0.181. The zero-order valence-electron chi connectivity index (χ0n) is 71.5. The molecule has 33 unspecified atom stereocenters. The van der Waals surface area contributed by atoms with Crippen LogP contribution in [0.1, 0.15) is 170 Å². The molecule has 3 saturated heterocycles. The van der Waals surface area contributed by atoms with Gasteiger partial charge in [-0.15, -0.1) is 0 Å². The number of esters is 12. The molecule has 0 aromatic carbocycles. The third-order valence-corrected chi connectivity index (χ3v) is 36.1. The van der Waals surface area contributed by atoms with Crippen LogP contribution in [0.3, 0.4) is 0 Å². The van der Waals surface area contributed by atoms with E-state index in [-0.39, 0.29) is 23.7 Å². The van der Waals surface area contributed by atoms with Crippen LogP contribution in [-0.4, -0.2) is 238 Å². The molecule has 18 rings (SSSR count). The van der Waals surface area contributed by atoms with Crippen molar-refractivity contribution in [2.24, 2.45) is 148 Å². The third kappa shape index (κ3) is 17.0. The lowest BCUT2D eigenvalue weighted by atomic mass is 9.78. The summed E-state index contributed by atoms with van der Waals surface area (Å²) in [6.45, 7) is 4.23. The summed E-state index contributed by atoms with van der Waals surface area (Å²) in [6.07, 6.45) is 5.41. The number of fused-ring (bicyclic) bond motifs is 18. The molecule has 0 aromatic rings. The number of hydrogen-bond donors (Lipinski definition) is 0. The standard InChI is InChI=1S/C29H38F2O12S.C28H36F2O12S.C27H34F2O12S/c1-12(2)28(8-18-14-4-5-15(6-14)19(18)9-28)43-27(35)23-17-7-16-22(23)26(34)42-25(16)24(17)41-21(33)11-39-10-20(32)40-13(3)29(30,31)44(36,37)38;1-3-27(8-17-13-4-5-14(6-13)18(17)9-27)42-26(34)22-16-7-15-21(22)25(33)41-24(15)23(16)40-20(32)11-38-10-19(31)39-12(2)28(29,30)43(35,36)37;1-11(27(28,29)42(34,35)36)38-18(30)9-37-10-19(31)39-22-15-6-14-20(24(32)40-23(14)22)21(15)25(33)41-26(2)7-16-12-3-4-13(5-12)17(16)8-26/h12-19,22-25H,4-11H2,1-3H3,(H,36,37,38);12-18,21-24H,3-11H2,1-2H3,(H,35,36,37);11-17,20-23H,3-10H2,1-2H3,(H,34,35,36)/p-3. The predicted molar refractivity (Wildman–Crippen MR) is 406 cm³/mol. The second kappa shape index (κ2) is 34.3. The van der Waals surface area contributed by atoms with Crippen molar-refractivity contribution in [3.63, 3.8) is 0 Å². The van der Waals surface area contributed by atoms with Gasteiger partial charge in [0.2, 0.25) is 0 Å². The molecule has 33 atom stereocenters. The maximum absolute atomic E-state index is 13.9. The van der Waals surface area contributed by atoms with Crippen LogP contribution in [0.4, 0.5) is 26.3 Å². The lowest BCUT2D eigenvalue weighted by Gasteiger charge is -2.38. The number of carbonyl (C=O) groups excluding carboxylic acids is 12. The number of halogens is 6. The van der Waals surface area contributed by atoms with E-state index < -0.39 is 282 Å². The fourth-order valence-electron chi connectivity index (χ4n) is 27.6. The van der Waals surface area contributed by atoms with Gasteiger partial charge in [-0.25, -0.2) is 54.0 Å². The molecule has 15 saturated carbocycles. The van der Waals surface area contributed by atoms with Crippen molar-refractivity contribution in [3.8, 4) is 0 Å². The van der Waals surface area contributed by atoms with Gasteiger partial charge in [0.15, 0.2) is 48.7 Å². The van der Waals surface area contributed by atoms with Crippen LogP contribution in [0.25, 0.3) is 0 Å². The highest BCUT2D eigenvalue weighted by atomic mass is 32.2. The van der Waals surface area contributed by atoms with Gasteiger partial charge >= 0.3 is 87.4 Å². The predicted octanol–water partition coefficient (Wildman–Crippen LogP) is 5.68. The Morgan fingerprint density at radius 2 is 0.643 bits per heavy atom. The van der Waals surface area contributed by atoms with E-state index in [9.17, 15) is 123 Å². The first-order valence-corrected chi connectivity index (χ1v) is 48.7. The molecule has 45 heteroatoms. The molecule has 15 aliphatic carbocycles. The van der Waals surface area contributed by atoms with Gasteiger partial charge in [-0.05, 0) is 227 Å². The number of ether oxygens (including phenoxy) is 15. The van der Waals surface area contributed by atoms with Gasteiger partial charge in [0.25, 0.3) is 0 Å². The van der Waals surface area contributed by atoms with Gasteiger partial charge in [-0.1, -0.05) is 20.8 Å². The summed E-state index contributed by atoms with van der Waals surface area (Å²) in [6, 6.07) is 0. The molecule has 3 heterocycles. The summed E-state index contributed by atoms with van der Waals surface area (Å²) in [5.41, 5.74) is -1.78. The van der Waals surface area contributed by atoms with Gasteiger partial charge in [0.05, 0.1) is 35.5 Å². The third-order valence-electron chi connectivity index (χ3n) is 33.1. The van der Waals surface area contributed by atoms with Gasteiger partial charge in [-0.2, -0.15) is 26.3 Å². The summed E-state index contributed by atoms with van der Waals surface area (Å²) in [7, 11) is -18.2. The highest BCUT2D eigenvalue weighted by Crippen LogP contribution is 2.68. The van der Waals surface area contributed by atoms with E-state index in [0.29, 0.717) is 117 Å². The highest BCUT2D eigenvalue weighted by molar-refractivity contribution is 7.87. The minimum atomic E-state index is -6.08. The maximum atomic E-state index is 13.9. The minimum Gasteiger partial charge on any atom is -0.743 e. The number of carbonyl (C=O) groups is 12. The Morgan fingerprint density at radius 3 is 0.922 bits per heavy atom. The Labute approximate surface area is 737 Å². The van der Waals surface area contributed by atoms with Gasteiger partial charge in [-0.3, -0.25) is 28.8 Å². The SMILES string of the molecule is CC(C)C1(OC(=O)C2C3CC4C(OC(=O)C42)C3OC(=O)COCC(=O)OC(C)C(F)(F)S(=O)(=O)[O-])CC2C3CCC(C3)C2C1.CC(OC(=O)COCC(=O)OC1C2CC3C1OC(=O)C3C2C(=O)OC1(C)CC2C3CCC(C3)C2C1)C(F)(F)S(=O)(=O)[O-].CCC1(OC(=O)C2C3CC4C(OC(=O)C42)C3OC(=O)COCC(=O)OC(C)C(F)(F)S(=O)(=O)[O-])CC2C3CCC(C3)C2C1. The minimum absolute atomic E-state index is 0.0923. The van der Waals surface area contributed by atoms with Crippen LogP contribution >= 0.6 is 0 Å². The largest absolute Gasteiger partial charge is 0.743 e. The average Bonchev–Trinajstić information content (AvgIpc) is 1.55. The molecule has 0 aromatic heterocycles. The molecule has 36 nitrogen and oxygen atoms in total. The first-order valence-electron chi connectivity index (χ1n) is 44.5. The summed E-state index contributed by atoms with van der Waals surface area (Å²) in [5.74, 6) is -9.44. The topological polar surface area (TPSA) is 515 Å². The first kappa shape index (κ1) is 95.0. The van der Waals surface area contributed by atoms with Crippen molar-refractivity contribution < 1.29 is 194 Å². The zero-order valence-corrected chi connectivity index (χ0v) is 73.9. The Balaban J connectivity index is 0.000000142. The smallest absolute Gasteiger partial charge is 0.370 e. The van der Waals surface area contributed by atoms with Crippen LogP contribution in [0.5, 0.6) is 0 Å². The summed E-state index contributed by atoms with van der Waals surface area (Å²) < 4.78 is 256. The van der Waals surface area contributed by atoms with Crippen molar-refractivity contribution in [1.29, 1.82) is 0 Å². The first-order chi connectivity index (χ1) is 60.3. The summed E-state index contributed by atoms with van der Waals surface area (Å²) >= 11 is 0. The normalized spacial score (nSPS) is 41.2. The molecule has 129 heavy (non-hydrogen) atoms. The van der Waals surface area contributed by atoms with Crippen molar-refractivity contribution in [2.45, 2.75) is 258 Å². The van der Waals surface area contributed by atoms with Crippen LogP contribution in [0.15, 0.2) is 0 Å². The molecular formula is C84H105F6O36S3-3. The summed E-state index contributed by atoms with van der Waals surface area (Å²) in [5, 5.41) is -14.6. The molecule has 3 aliphatic heterocycles. The van der Waals surface area contributed by atoms with E-state index in [4.69, 9.17) is 56.8 Å². The number of rotatable bonds is 32. The van der Waals surface area contributed by atoms with Gasteiger partial charge in [0, 0.05) is 35.5 Å². The second-order valence-electron chi connectivity index (χ2n) is 40.0. The van der Waals surface area contributed by atoms with Crippen molar-refractivity contribution in [3.05, 3.63) is 0 Å². The fraction of sp³-hybridized carbons (Fsp3) is 0.857. The molecule has 18 aliphatic rings. The molecule has 0 amide bonds. The quantitative estimate of drug-likeness (QED) is 0.0338. The van der Waals surface area contributed by atoms with Gasteiger partial charge < -0.3 is 84.7 Å². The maximum Gasteiger partial charge on any atom is 0.370 e. The lowest BCUT2D eigenvalue weighted by Crippen LogP contribution is -2.47. The van der Waals surface area contributed by atoms with Crippen molar-refractivity contribution in [2.75, 3.05) is 39.6 Å². The van der Waals surface area contributed by atoms with Crippen molar-refractivity contribution >= 4 is 102 Å². The molecule has 720 valence electrons. The molecule has 18 fully saturated rings. The van der Waals surface area contributed by atoms with Crippen LogP contribution in [-0.2, 0) is 159 Å². The highest BCUT2D eigenvalue weighted by Gasteiger charge is 2.75. The Morgan fingerprint density at radius 1 is 0.380 bits per heavy atom. The second-order valence-corrected chi connectivity index (χ2v) is 44.4. The van der Waals surface area contributed by atoms with Crippen LogP contribution in [0.2, 0.25) is 0 Å². The molecule has 0 spiro atoms. The number of hydrogen-bond acceptors (Lipinski definition) is 36. The molecular weight excluding hydrogens is 1800 g/mol. The molecule has 0 N–H and O–H groups in total. The van der Waals surface area contributed by atoms with E-state index in [1.54, 1.807) is 0 Å². The van der Waals surface area contributed by atoms with Crippen LogP contribution in [0, 0.1) is 148 Å². The average molecular weight is 1900 g/mol. The van der Waals surface area contributed by atoms with E-state index in [1.165, 1.54) is 57.8 Å². The Kier molecular flexibility index (Phi) is 25.3. The monoisotopic (exact) mass is 1900 g/mol. The summed E-state index contributed by atoms with van der Waals surface area (Å²) in [4.78, 5) is 153. The number of alkyl halides is 6.